The topological polar surface area (TPSA) is 154 Å². The Morgan fingerprint density at radius 2 is 1.81 bits per heavy atom. The van der Waals surface area contributed by atoms with Gasteiger partial charge in [-0.2, -0.15) is 9.97 Å². The van der Waals surface area contributed by atoms with E-state index in [1.165, 1.54) is 11.2 Å². The minimum Gasteiger partial charge on any atom is -0.473 e. The second-order valence-electron chi connectivity index (χ2n) is 13.4. The maximum Gasteiger partial charge on any atom is 0.411 e. The number of carbonyl (C=O) groups excluding carboxylic acids is 2. The fraction of sp³-hybridized carbons (Fsp3) is 0.471. The van der Waals surface area contributed by atoms with Crippen molar-refractivity contribution in [2.45, 2.75) is 70.1 Å². The Balaban J connectivity index is 1.30. The molecule has 0 radical (unpaired) electrons. The Hall–Kier alpha value is -4.10. The number of ether oxygens (including phenoxy) is 3. The van der Waals surface area contributed by atoms with Crippen molar-refractivity contribution in [3.05, 3.63) is 59.1 Å². The molecule has 1 atom stereocenters. The lowest BCUT2D eigenvalue weighted by atomic mass is 9.76. The quantitative estimate of drug-likeness (QED) is 0.296. The molecule has 5 rings (SSSR count). The molecular weight excluding hydrogens is 658 g/mol. The normalized spacial score (nSPS) is 17.8. The average Bonchev–Trinajstić information content (AvgIpc) is 3.39. The Labute approximate surface area is 286 Å². The van der Waals surface area contributed by atoms with Crippen LogP contribution in [-0.2, 0) is 30.7 Å². The monoisotopic (exact) mass is 699 g/mol. The summed E-state index contributed by atoms with van der Waals surface area (Å²) in [6.45, 7) is 9.13. The van der Waals surface area contributed by atoms with Crippen LogP contribution in [0.5, 0.6) is 5.88 Å². The van der Waals surface area contributed by atoms with E-state index in [4.69, 9.17) is 31.5 Å². The summed E-state index contributed by atoms with van der Waals surface area (Å²) in [6.07, 6.45) is 2.57. The first-order chi connectivity index (χ1) is 22.6. The van der Waals surface area contributed by atoms with E-state index in [9.17, 15) is 18.0 Å². The molecule has 0 saturated carbocycles. The lowest BCUT2D eigenvalue weighted by molar-refractivity contribution is -0.148. The van der Waals surface area contributed by atoms with Gasteiger partial charge in [0.15, 0.2) is 9.84 Å². The molecular formula is C34H42ClN5O7S. The number of likely N-dealkylation sites (tertiary alicyclic amines) is 1. The predicted molar refractivity (Wildman–Crippen MR) is 183 cm³/mol. The zero-order chi connectivity index (χ0) is 34.9. The number of hydrogen-bond donors (Lipinski definition) is 1. The molecule has 12 nitrogen and oxygen atoms in total. The molecule has 48 heavy (non-hydrogen) atoms. The van der Waals surface area contributed by atoms with Crippen molar-refractivity contribution in [2.75, 3.05) is 43.1 Å². The number of rotatable bonds is 8. The van der Waals surface area contributed by atoms with Gasteiger partial charge in [-0.05, 0) is 93.3 Å². The summed E-state index contributed by atoms with van der Waals surface area (Å²) in [5.41, 5.74) is 7.34. The highest BCUT2D eigenvalue weighted by molar-refractivity contribution is 7.90. The lowest BCUT2D eigenvalue weighted by Crippen LogP contribution is -2.45. The van der Waals surface area contributed by atoms with Gasteiger partial charge in [-0.3, -0.25) is 4.90 Å². The van der Waals surface area contributed by atoms with Crippen LogP contribution in [0.2, 0.25) is 5.02 Å². The van der Waals surface area contributed by atoms with E-state index in [0.29, 0.717) is 55.3 Å². The van der Waals surface area contributed by atoms with Crippen molar-refractivity contribution in [3.63, 3.8) is 0 Å². The molecule has 2 saturated heterocycles. The smallest absolute Gasteiger partial charge is 0.411 e. The molecule has 258 valence electrons. The van der Waals surface area contributed by atoms with Gasteiger partial charge in [0.2, 0.25) is 11.8 Å². The van der Waals surface area contributed by atoms with E-state index >= 15 is 0 Å². The molecule has 0 unspecified atom stereocenters. The van der Waals surface area contributed by atoms with E-state index < -0.39 is 33.5 Å². The Morgan fingerprint density at radius 1 is 1.08 bits per heavy atom. The number of benzene rings is 2. The standard InChI is InChI=1S/C34H42ClN5O7S/c1-6-45-30(41)27-19-34(21-40(27)32(42)47-33(2,3)4)12-14-39(15-13-34)28-18-29(38-31(36)37-28)46-20-23-10-11-24(35)17-26(23)22-8-7-9-25(16-22)48(5,43)44/h7-11,16-18,27H,6,12-15,19-21H2,1-5H3,(H2,36,37,38)/t27-/m0/s1. The van der Waals surface area contributed by atoms with Gasteiger partial charge >= 0.3 is 12.1 Å². The van der Waals surface area contributed by atoms with Gasteiger partial charge in [0.05, 0.1) is 11.5 Å². The molecule has 1 aromatic heterocycles. The van der Waals surface area contributed by atoms with Crippen molar-refractivity contribution in [1.82, 2.24) is 14.9 Å². The van der Waals surface area contributed by atoms with Crippen molar-refractivity contribution in [1.29, 1.82) is 0 Å². The number of aromatic nitrogens is 2. The summed E-state index contributed by atoms with van der Waals surface area (Å²) >= 11 is 6.32. The van der Waals surface area contributed by atoms with Gasteiger partial charge in [-0.15, -0.1) is 0 Å². The third-order valence-corrected chi connectivity index (χ3v) is 9.92. The fourth-order valence-electron chi connectivity index (χ4n) is 6.25. The van der Waals surface area contributed by atoms with Crippen LogP contribution in [0.15, 0.2) is 53.4 Å². The number of piperidine rings is 1. The first-order valence-corrected chi connectivity index (χ1v) is 18.1. The number of anilines is 2. The van der Waals surface area contributed by atoms with Crippen LogP contribution in [0, 0.1) is 5.41 Å². The third-order valence-electron chi connectivity index (χ3n) is 8.57. The van der Waals surface area contributed by atoms with E-state index in [-0.39, 0.29) is 35.4 Å². The number of carbonyl (C=O) groups is 2. The molecule has 0 bridgehead atoms. The predicted octanol–water partition coefficient (Wildman–Crippen LogP) is 5.52. The Bertz CT molecular complexity index is 1790. The Morgan fingerprint density at radius 3 is 2.48 bits per heavy atom. The molecule has 2 fully saturated rings. The highest BCUT2D eigenvalue weighted by Gasteiger charge is 2.51. The van der Waals surface area contributed by atoms with Gasteiger partial charge < -0.3 is 24.8 Å². The van der Waals surface area contributed by atoms with Gasteiger partial charge in [0.25, 0.3) is 0 Å². The van der Waals surface area contributed by atoms with Crippen LogP contribution in [-0.4, -0.2) is 79.5 Å². The van der Waals surface area contributed by atoms with Gasteiger partial charge in [0, 0.05) is 37.0 Å². The molecule has 1 spiro atoms. The summed E-state index contributed by atoms with van der Waals surface area (Å²) in [5, 5.41) is 0.500. The molecule has 3 aromatic rings. The average molecular weight is 700 g/mol. The molecule has 1 amide bonds. The maximum atomic E-state index is 13.1. The zero-order valence-electron chi connectivity index (χ0n) is 27.9. The third kappa shape index (κ3) is 8.30. The molecule has 2 N–H and O–H groups in total. The molecule has 0 aliphatic carbocycles. The number of halogens is 1. The minimum absolute atomic E-state index is 0.0549. The summed E-state index contributed by atoms with van der Waals surface area (Å²) in [7, 11) is -3.41. The largest absolute Gasteiger partial charge is 0.473 e. The molecule has 3 heterocycles. The summed E-state index contributed by atoms with van der Waals surface area (Å²) in [4.78, 5) is 38.6. The molecule has 2 aliphatic heterocycles. The molecule has 2 aromatic carbocycles. The van der Waals surface area contributed by atoms with Crippen LogP contribution in [0.4, 0.5) is 16.6 Å². The van der Waals surface area contributed by atoms with Gasteiger partial charge in [-0.25, -0.2) is 18.0 Å². The maximum absolute atomic E-state index is 13.1. The first-order valence-electron chi connectivity index (χ1n) is 15.8. The first kappa shape index (κ1) is 35.2. The number of hydrogen-bond acceptors (Lipinski definition) is 11. The van der Waals surface area contributed by atoms with Crippen molar-refractivity contribution < 1.29 is 32.2 Å². The number of sulfone groups is 1. The lowest BCUT2D eigenvalue weighted by Gasteiger charge is -2.39. The number of nitrogens with two attached hydrogens (primary N) is 1. The molecule has 14 heteroatoms. The zero-order valence-corrected chi connectivity index (χ0v) is 29.4. The van der Waals surface area contributed by atoms with Crippen LogP contribution < -0.4 is 15.4 Å². The van der Waals surface area contributed by atoms with Crippen LogP contribution in [0.1, 0.15) is 52.5 Å². The van der Waals surface area contributed by atoms with Gasteiger partial charge in [-0.1, -0.05) is 29.8 Å². The van der Waals surface area contributed by atoms with Crippen LogP contribution in [0.3, 0.4) is 0 Å². The van der Waals surface area contributed by atoms with Crippen LogP contribution >= 0.6 is 11.6 Å². The number of nitrogen functional groups attached to an aromatic ring is 1. The van der Waals surface area contributed by atoms with Crippen molar-refractivity contribution >= 4 is 45.3 Å². The van der Waals surface area contributed by atoms with Crippen molar-refractivity contribution in [3.8, 4) is 17.0 Å². The highest BCUT2D eigenvalue weighted by atomic mass is 35.5. The van der Waals surface area contributed by atoms with Crippen LogP contribution in [0.25, 0.3) is 11.1 Å². The van der Waals surface area contributed by atoms with Gasteiger partial charge in [0.1, 0.15) is 24.1 Å². The van der Waals surface area contributed by atoms with Crippen molar-refractivity contribution in [2.24, 2.45) is 5.41 Å². The SMILES string of the molecule is CCOC(=O)[C@@H]1CC2(CCN(c3cc(OCc4ccc(Cl)cc4-c4cccc(S(C)(=O)=O)c4)nc(N)n3)CC2)CN1C(=O)OC(C)(C)C. The summed E-state index contributed by atoms with van der Waals surface area (Å²) in [6, 6.07) is 13.0. The van der Waals surface area contributed by atoms with E-state index in [2.05, 4.69) is 14.9 Å². The summed E-state index contributed by atoms with van der Waals surface area (Å²) < 4.78 is 41.4. The minimum atomic E-state index is -3.41. The highest BCUT2D eigenvalue weighted by Crippen LogP contribution is 2.45. The van der Waals surface area contributed by atoms with E-state index in [0.717, 1.165) is 11.1 Å². The van der Waals surface area contributed by atoms with E-state index in [1.807, 2.05) is 12.1 Å². The second-order valence-corrected chi connectivity index (χ2v) is 15.8. The molecule has 2 aliphatic rings. The summed E-state index contributed by atoms with van der Waals surface area (Å²) in [5.74, 6) is 0.524. The second kappa shape index (κ2) is 13.8. The van der Waals surface area contributed by atoms with E-state index in [1.54, 1.807) is 64.1 Å². The number of esters is 1. The number of amides is 1. The Kier molecular flexibility index (Phi) is 10.1. The number of nitrogens with zero attached hydrogens (tertiary/aromatic N) is 4. The fourth-order valence-corrected chi connectivity index (χ4v) is 7.08.